The zero-order chi connectivity index (χ0) is 13.9. The molecule has 3 aromatic rings. The number of fused-ring (bicyclic) bond motifs is 1. The average molecular weight is 286 g/mol. The summed E-state index contributed by atoms with van der Waals surface area (Å²) in [6.45, 7) is 0.378. The molecule has 0 spiro atoms. The van der Waals surface area contributed by atoms with Crippen molar-refractivity contribution in [3.05, 3.63) is 59.2 Å². The summed E-state index contributed by atoms with van der Waals surface area (Å²) in [6, 6.07) is 13.1. The van der Waals surface area contributed by atoms with E-state index < -0.39 is 0 Å². The first-order valence-corrected chi connectivity index (χ1v) is 6.52. The van der Waals surface area contributed by atoms with Crippen LogP contribution in [0.15, 0.2) is 48.7 Å². The zero-order valence-electron chi connectivity index (χ0n) is 10.6. The summed E-state index contributed by atoms with van der Waals surface area (Å²) in [7, 11) is 0. The fraction of sp³-hybridized carbons (Fsp3) is 0.0667. The number of ether oxygens (including phenoxy) is 1. The van der Waals surface area contributed by atoms with Crippen molar-refractivity contribution < 1.29 is 4.74 Å². The Bertz CT molecular complexity index is 756. The lowest BCUT2D eigenvalue weighted by atomic mass is 10.2. The fourth-order valence-electron chi connectivity index (χ4n) is 1.97. The average Bonchev–Trinajstić information content (AvgIpc) is 2.48. The Morgan fingerprint density at radius 2 is 1.95 bits per heavy atom. The minimum Gasteiger partial charge on any atom is -0.455 e. The van der Waals surface area contributed by atoms with Gasteiger partial charge in [0.1, 0.15) is 5.75 Å². The van der Waals surface area contributed by atoms with Crippen LogP contribution in [0.3, 0.4) is 0 Å². The van der Waals surface area contributed by atoms with Gasteiger partial charge in [0.2, 0.25) is 0 Å². The lowest BCUT2D eigenvalue weighted by Gasteiger charge is -2.11. The van der Waals surface area contributed by atoms with Crippen molar-refractivity contribution in [1.82, 2.24) is 10.2 Å². The van der Waals surface area contributed by atoms with Gasteiger partial charge in [-0.05, 0) is 24.3 Å². The van der Waals surface area contributed by atoms with Gasteiger partial charge in [-0.25, -0.2) is 0 Å². The molecule has 0 aliphatic rings. The monoisotopic (exact) mass is 285 g/mol. The van der Waals surface area contributed by atoms with Gasteiger partial charge in [-0.3, -0.25) is 0 Å². The van der Waals surface area contributed by atoms with E-state index in [1.165, 1.54) is 0 Å². The van der Waals surface area contributed by atoms with Crippen LogP contribution in [0, 0.1) is 0 Å². The van der Waals surface area contributed by atoms with Gasteiger partial charge in [0, 0.05) is 22.5 Å². The quantitative estimate of drug-likeness (QED) is 0.799. The molecule has 1 heterocycles. The molecule has 0 amide bonds. The number of hydrogen-bond donors (Lipinski definition) is 1. The first kappa shape index (κ1) is 12.8. The molecule has 2 N–H and O–H groups in total. The van der Waals surface area contributed by atoms with Crippen molar-refractivity contribution >= 4 is 22.5 Å². The molecular formula is C15H12ClN3O. The Morgan fingerprint density at radius 3 is 2.80 bits per heavy atom. The van der Waals surface area contributed by atoms with E-state index in [2.05, 4.69) is 10.2 Å². The maximum Gasteiger partial charge on any atom is 0.157 e. The van der Waals surface area contributed by atoms with E-state index in [4.69, 9.17) is 22.1 Å². The molecule has 20 heavy (non-hydrogen) atoms. The Morgan fingerprint density at radius 1 is 1.10 bits per heavy atom. The van der Waals surface area contributed by atoms with Crippen LogP contribution < -0.4 is 10.5 Å². The van der Waals surface area contributed by atoms with Gasteiger partial charge in [0.05, 0.1) is 11.7 Å². The summed E-state index contributed by atoms with van der Waals surface area (Å²) >= 11 is 6.01. The molecule has 100 valence electrons. The standard InChI is InChI=1S/C15H12ClN3O/c16-11-6-5-10(8-17)14(7-11)20-15-9-18-19-13-4-2-1-3-12(13)15/h1-7,9H,8,17H2. The minimum absolute atomic E-state index is 0.378. The minimum atomic E-state index is 0.378. The third kappa shape index (κ3) is 2.43. The number of halogens is 1. The third-order valence-electron chi connectivity index (χ3n) is 2.98. The molecule has 0 saturated carbocycles. The first-order chi connectivity index (χ1) is 9.78. The van der Waals surface area contributed by atoms with Crippen LogP contribution in [-0.2, 0) is 6.54 Å². The van der Waals surface area contributed by atoms with Gasteiger partial charge in [0.25, 0.3) is 0 Å². The Hall–Kier alpha value is -2.17. The van der Waals surface area contributed by atoms with Gasteiger partial charge >= 0.3 is 0 Å². The lowest BCUT2D eigenvalue weighted by molar-refractivity contribution is 0.478. The summed E-state index contributed by atoms with van der Waals surface area (Å²) in [4.78, 5) is 0. The summed E-state index contributed by atoms with van der Waals surface area (Å²) < 4.78 is 5.93. The number of rotatable bonds is 3. The van der Waals surface area contributed by atoms with E-state index in [0.717, 1.165) is 16.5 Å². The van der Waals surface area contributed by atoms with Crippen molar-refractivity contribution in [3.63, 3.8) is 0 Å². The van der Waals surface area contributed by atoms with Gasteiger partial charge in [0.15, 0.2) is 5.75 Å². The van der Waals surface area contributed by atoms with Crippen LogP contribution in [0.25, 0.3) is 10.9 Å². The zero-order valence-corrected chi connectivity index (χ0v) is 11.3. The van der Waals surface area contributed by atoms with E-state index in [1.807, 2.05) is 30.3 Å². The Labute approximate surface area is 121 Å². The Kier molecular flexibility index (Phi) is 3.50. The molecule has 5 heteroatoms. The number of nitrogens with zero attached hydrogens (tertiary/aromatic N) is 2. The highest BCUT2D eigenvalue weighted by Gasteiger charge is 2.08. The van der Waals surface area contributed by atoms with Crippen molar-refractivity contribution in [2.75, 3.05) is 0 Å². The molecule has 0 radical (unpaired) electrons. The van der Waals surface area contributed by atoms with Gasteiger partial charge < -0.3 is 10.5 Å². The SMILES string of the molecule is NCc1ccc(Cl)cc1Oc1cnnc2ccccc12. The van der Waals surface area contributed by atoms with E-state index >= 15 is 0 Å². The van der Waals surface area contributed by atoms with E-state index in [9.17, 15) is 0 Å². The van der Waals surface area contributed by atoms with E-state index in [1.54, 1.807) is 18.3 Å². The molecule has 0 fully saturated rings. The maximum absolute atomic E-state index is 6.01. The normalized spacial score (nSPS) is 10.7. The molecule has 2 aromatic carbocycles. The number of hydrogen-bond acceptors (Lipinski definition) is 4. The van der Waals surface area contributed by atoms with Crippen LogP contribution in [0.5, 0.6) is 11.5 Å². The second-order valence-corrected chi connectivity index (χ2v) is 4.72. The highest BCUT2D eigenvalue weighted by atomic mass is 35.5. The molecule has 3 rings (SSSR count). The number of nitrogens with two attached hydrogens (primary N) is 1. The fourth-order valence-corrected chi connectivity index (χ4v) is 2.14. The highest BCUT2D eigenvalue weighted by Crippen LogP contribution is 2.31. The summed E-state index contributed by atoms with van der Waals surface area (Å²) in [5.74, 6) is 1.27. The lowest BCUT2D eigenvalue weighted by Crippen LogP contribution is -2.00. The summed E-state index contributed by atoms with van der Waals surface area (Å²) in [6.07, 6.45) is 1.59. The number of benzene rings is 2. The van der Waals surface area contributed by atoms with Crippen molar-refractivity contribution in [2.45, 2.75) is 6.54 Å². The van der Waals surface area contributed by atoms with Crippen LogP contribution >= 0.6 is 11.6 Å². The largest absolute Gasteiger partial charge is 0.455 e. The second kappa shape index (κ2) is 5.45. The molecule has 0 aliphatic carbocycles. The molecular weight excluding hydrogens is 274 g/mol. The van der Waals surface area contributed by atoms with Crippen LogP contribution in [0.1, 0.15) is 5.56 Å². The molecule has 0 aliphatic heterocycles. The van der Waals surface area contributed by atoms with Crippen molar-refractivity contribution in [2.24, 2.45) is 5.73 Å². The van der Waals surface area contributed by atoms with Gasteiger partial charge in [-0.15, -0.1) is 0 Å². The molecule has 0 unspecified atom stereocenters. The topological polar surface area (TPSA) is 61.0 Å². The molecule has 0 bridgehead atoms. The highest BCUT2D eigenvalue weighted by molar-refractivity contribution is 6.30. The van der Waals surface area contributed by atoms with Crippen molar-refractivity contribution in [1.29, 1.82) is 0 Å². The summed E-state index contributed by atoms with van der Waals surface area (Å²) in [5, 5.41) is 9.50. The molecule has 1 aromatic heterocycles. The molecule has 4 nitrogen and oxygen atoms in total. The van der Waals surface area contributed by atoms with Gasteiger partial charge in [-0.1, -0.05) is 29.8 Å². The van der Waals surface area contributed by atoms with Crippen LogP contribution in [0.4, 0.5) is 0 Å². The molecule has 0 atom stereocenters. The van der Waals surface area contributed by atoms with Crippen LogP contribution in [0.2, 0.25) is 5.02 Å². The predicted octanol–water partition coefficient (Wildman–Crippen LogP) is 3.53. The number of aromatic nitrogens is 2. The van der Waals surface area contributed by atoms with Crippen LogP contribution in [-0.4, -0.2) is 10.2 Å². The van der Waals surface area contributed by atoms with E-state index in [-0.39, 0.29) is 0 Å². The molecule has 0 saturated heterocycles. The maximum atomic E-state index is 6.01. The Balaban J connectivity index is 2.07. The third-order valence-corrected chi connectivity index (χ3v) is 3.21. The van der Waals surface area contributed by atoms with Gasteiger partial charge in [-0.2, -0.15) is 10.2 Å². The smallest absolute Gasteiger partial charge is 0.157 e. The first-order valence-electron chi connectivity index (χ1n) is 6.14. The predicted molar refractivity (Wildman–Crippen MR) is 79.0 cm³/mol. The van der Waals surface area contributed by atoms with E-state index in [0.29, 0.717) is 23.1 Å². The summed E-state index contributed by atoms with van der Waals surface area (Å²) in [5.41, 5.74) is 7.38. The van der Waals surface area contributed by atoms with Crippen molar-refractivity contribution in [3.8, 4) is 11.5 Å². The second-order valence-electron chi connectivity index (χ2n) is 4.28.